The summed E-state index contributed by atoms with van der Waals surface area (Å²) in [7, 11) is 0. The second-order valence-electron chi connectivity index (χ2n) is 10.6. The maximum atomic E-state index is 13.0. The number of Topliss-reactive ketones (excluding diaryl/α,β-unsaturated/α-hetero) is 1. The van der Waals surface area contributed by atoms with Crippen LogP contribution >= 0.6 is 0 Å². The first-order chi connectivity index (χ1) is 13.5. The van der Waals surface area contributed by atoms with Crippen LogP contribution in [0.4, 0.5) is 0 Å². The highest BCUT2D eigenvalue weighted by Crippen LogP contribution is 2.69. The highest BCUT2D eigenvalue weighted by Gasteiger charge is 2.67. The Balaban J connectivity index is 1.65. The standard InChI is InChI=1S/C24H34O5/c1-14-12-23(4)19(8-10-24(23,28)20(27)13-29-15(2)25)18-6-5-16-11-17(26)7-9-22(16,3)21(14)18/h11,14,18-19,21,28H,5-10,12-13H2,1-4H3/t14?,18-,19-,21-,22-,23-,24-/m0/s1. The molecule has 29 heavy (non-hydrogen) atoms. The summed E-state index contributed by atoms with van der Waals surface area (Å²) in [6, 6.07) is 0. The highest BCUT2D eigenvalue weighted by molar-refractivity contribution is 5.92. The third-order valence-corrected chi connectivity index (χ3v) is 9.23. The number of carbonyl (C=O) groups is 3. The fourth-order valence-corrected chi connectivity index (χ4v) is 8.01. The molecule has 0 aromatic rings. The molecule has 0 saturated heterocycles. The van der Waals surface area contributed by atoms with E-state index in [1.165, 1.54) is 12.5 Å². The van der Waals surface area contributed by atoms with Gasteiger partial charge in [0.15, 0.2) is 12.4 Å². The quantitative estimate of drug-likeness (QED) is 0.729. The van der Waals surface area contributed by atoms with Gasteiger partial charge in [-0.25, -0.2) is 0 Å². The zero-order valence-corrected chi connectivity index (χ0v) is 18.1. The highest BCUT2D eigenvalue weighted by atomic mass is 16.5. The number of fused-ring (bicyclic) bond motifs is 5. The summed E-state index contributed by atoms with van der Waals surface area (Å²) in [5.74, 6) is 0.990. The Bertz CT molecular complexity index is 784. The van der Waals surface area contributed by atoms with Crippen molar-refractivity contribution in [2.24, 2.45) is 34.5 Å². The SMILES string of the molecule is CC(=O)OCC(=O)[C@@]1(O)CC[C@H]2[C@@H]3CCC4=CC(=O)CC[C@]4(C)[C@H]3C(C)C[C@@]21C. The van der Waals surface area contributed by atoms with Crippen LogP contribution in [0.1, 0.15) is 72.6 Å². The van der Waals surface area contributed by atoms with Crippen molar-refractivity contribution < 1.29 is 24.2 Å². The summed E-state index contributed by atoms with van der Waals surface area (Å²) in [4.78, 5) is 36.2. The van der Waals surface area contributed by atoms with Gasteiger partial charge in [0.25, 0.3) is 0 Å². The molecule has 0 aromatic heterocycles. The van der Waals surface area contributed by atoms with Crippen LogP contribution in [0.2, 0.25) is 0 Å². The molecule has 3 saturated carbocycles. The van der Waals surface area contributed by atoms with E-state index in [1.807, 2.05) is 6.08 Å². The van der Waals surface area contributed by atoms with Gasteiger partial charge in [0.2, 0.25) is 5.78 Å². The zero-order chi connectivity index (χ0) is 21.2. The summed E-state index contributed by atoms with van der Waals surface area (Å²) in [6.07, 6.45) is 7.50. The minimum absolute atomic E-state index is 0.0556. The Morgan fingerprint density at radius 1 is 1.21 bits per heavy atom. The molecular weight excluding hydrogens is 368 g/mol. The number of rotatable bonds is 3. The van der Waals surface area contributed by atoms with Crippen LogP contribution in [0.3, 0.4) is 0 Å². The summed E-state index contributed by atoms with van der Waals surface area (Å²) < 4.78 is 4.95. The van der Waals surface area contributed by atoms with Gasteiger partial charge in [0.05, 0.1) is 0 Å². The third-order valence-electron chi connectivity index (χ3n) is 9.23. The maximum Gasteiger partial charge on any atom is 0.303 e. The molecule has 4 aliphatic rings. The van der Waals surface area contributed by atoms with Gasteiger partial charge in [-0.2, -0.15) is 0 Å². The van der Waals surface area contributed by atoms with Crippen molar-refractivity contribution in [2.75, 3.05) is 6.61 Å². The van der Waals surface area contributed by atoms with E-state index >= 15 is 0 Å². The minimum Gasteiger partial charge on any atom is -0.458 e. The predicted octanol–water partition coefficient (Wildman–Crippen LogP) is 3.63. The van der Waals surface area contributed by atoms with Crippen LogP contribution in [0, 0.1) is 34.5 Å². The molecule has 4 aliphatic carbocycles. The molecule has 0 aliphatic heterocycles. The van der Waals surface area contributed by atoms with Gasteiger partial charge in [-0.3, -0.25) is 14.4 Å². The van der Waals surface area contributed by atoms with Crippen LogP contribution in [0.15, 0.2) is 11.6 Å². The molecule has 0 aromatic carbocycles. The molecule has 5 heteroatoms. The van der Waals surface area contributed by atoms with Crippen molar-refractivity contribution in [2.45, 2.75) is 78.2 Å². The second kappa shape index (κ2) is 6.76. The molecular formula is C24H34O5. The van der Waals surface area contributed by atoms with E-state index in [9.17, 15) is 19.5 Å². The van der Waals surface area contributed by atoms with Crippen molar-refractivity contribution in [1.29, 1.82) is 0 Å². The molecule has 0 radical (unpaired) electrons. The van der Waals surface area contributed by atoms with Crippen molar-refractivity contribution >= 4 is 17.5 Å². The lowest BCUT2D eigenvalue weighted by Crippen LogP contribution is -2.60. The molecule has 4 rings (SSSR count). The fourth-order valence-electron chi connectivity index (χ4n) is 8.01. The number of hydrogen-bond donors (Lipinski definition) is 1. The summed E-state index contributed by atoms with van der Waals surface area (Å²) in [6.45, 7) is 7.63. The van der Waals surface area contributed by atoms with Gasteiger partial charge < -0.3 is 9.84 Å². The van der Waals surface area contributed by atoms with Crippen LogP contribution in [0.25, 0.3) is 0 Å². The molecule has 5 nitrogen and oxygen atoms in total. The number of ketones is 2. The Morgan fingerprint density at radius 3 is 2.62 bits per heavy atom. The number of ether oxygens (including phenoxy) is 1. The topological polar surface area (TPSA) is 80.7 Å². The molecule has 1 N–H and O–H groups in total. The Hall–Kier alpha value is -1.49. The van der Waals surface area contributed by atoms with Crippen LogP contribution in [0.5, 0.6) is 0 Å². The van der Waals surface area contributed by atoms with E-state index in [0.29, 0.717) is 30.6 Å². The molecule has 0 spiro atoms. The zero-order valence-electron chi connectivity index (χ0n) is 18.1. The maximum absolute atomic E-state index is 13.0. The molecule has 3 fully saturated rings. The van der Waals surface area contributed by atoms with Crippen LogP contribution in [-0.2, 0) is 19.1 Å². The molecule has 160 valence electrons. The van der Waals surface area contributed by atoms with Gasteiger partial charge in [0.1, 0.15) is 5.60 Å². The predicted molar refractivity (Wildman–Crippen MR) is 108 cm³/mol. The average molecular weight is 403 g/mol. The first kappa shape index (κ1) is 20.8. The monoisotopic (exact) mass is 402 g/mol. The number of carbonyl (C=O) groups excluding carboxylic acids is 3. The first-order valence-corrected chi connectivity index (χ1v) is 11.2. The van der Waals surface area contributed by atoms with Crippen molar-refractivity contribution in [3.05, 3.63) is 11.6 Å². The smallest absolute Gasteiger partial charge is 0.303 e. The molecule has 0 amide bonds. The number of allylic oxidation sites excluding steroid dienone is 1. The normalized spacial score (nSPS) is 46.2. The van der Waals surface area contributed by atoms with Crippen molar-refractivity contribution in [3.8, 4) is 0 Å². The summed E-state index contributed by atoms with van der Waals surface area (Å²) >= 11 is 0. The number of hydrogen-bond acceptors (Lipinski definition) is 5. The van der Waals surface area contributed by atoms with E-state index < -0.39 is 17.0 Å². The van der Waals surface area contributed by atoms with Crippen LogP contribution < -0.4 is 0 Å². The number of esters is 1. The van der Waals surface area contributed by atoms with E-state index in [0.717, 1.165) is 32.1 Å². The van der Waals surface area contributed by atoms with Gasteiger partial charge in [-0.05, 0) is 73.7 Å². The lowest BCUT2D eigenvalue weighted by atomic mass is 9.43. The van der Waals surface area contributed by atoms with E-state index in [1.54, 1.807) is 0 Å². The Kier molecular flexibility index (Phi) is 4.84. The van der Waals surface area contributed by atoms with E-state index in [4.69, 9.17) is 4.74 Å². The van der Waals surface area contributed by atoms with Crippen LogP contribution in [-0.4, -0.2) is 34.9 Å². The second-order valence-corrected chi connectivity index (χ2v) is 10.6. The third kappa shape index (κ3) is 2.87. The summed E-state index contributed by atoms with van der Waals surface area (Å²) in [5, 5.41) is 11.6. The van der Waals surface area contributed by atoms with E-state index in [2.05, 4.69) is 20.8 Å². The lowest BCUT2D eigenvalue weighted by Gasteiger charge is -2.61. The first-order valence-electron chi connectivity index (χ1n) is 11.2. The average Bonchev–Trinajstić information content (AvgIpc) is 2.91. The van der Waals surface area contributed by atoms with E-state index in [-0.39, 0.29) is 29.5 Å². The minimum atomic E-state index is -1.42. The molecule has 0 bridgehead atoms. The van der Waals surface area contributed by atoms with Gasteiger partial charge in [-0.1, -0.05) is 26.3 Å². The van der Waals surface area contributed by atoms with Gasteiger partial charge in [-0.15, -0.1) is 0 Å². The Morgan fingerprint density at radius 2 is 1.93 bits per heavy atom. The molecule has 0 heterocycles. The van der Waals surface area contributed by atoms with Gasteiger partial charge in [0, 0.05) is 18.8 Å². The summed E-state index contributed by atoms with van der Waals surface area (Å²) in [5.41, 5.74) is -0.539. The van der Waals surface area contributed by atoms with Crippen molar-refractivity contribution in [3.63, 3.8) is 0 Å². The fraction of sp³-hybridized carbons (Fsp3) is 0.792. The number of aliphatic hydroxyl groups is 1. The van der Waals surface area contributed by atoms with Crippen molar-refractivity contribution in [1.82, 2.24) is 0 Å². The lowest BCUT2D eigenvalue weighted by molar-refractivity contribution is -0.174. The largest absolute Gasteiger partial charge is 0.458 e. The molecule has 7 atom stereocenters. The van der Waals surface area contributed by atoms with Gasteiger partial charge >= 0.3 is 5.97 Å². The Labute approximate surface area is 173 Å². The molecule has 1 unspecified atom stereocenters.